The minimum Gasteiger partial charge on any atom is -0.457 e. The van der Waals surface area contributed by atoms with Gasteiger partial charge in [-0.05, 0) is 29.7 Å². The van der Waals surface area contributed by atoms with Crippen molar-refractivity contribution in [3.8, 4) is 11.1 Å². The van der Waals surface area contributed by atoms with Crippen LogP contribution in [0.1, 0.15) is 31.4 Å². The SMILES string of the molecule is CC(=O)C(=N)c1ccc(-c2cccc(CN[C@@H]3C(=O)OC4(C)C[C@@]34C(O)CO)c2)cc1. The summed E-state index contributed by atoms with van der Waals surface area (Å²) in [7, 11) is 0. The summed E-state index contributed by atoms with van der Waals surface area (Å²) >= 11 is 0. The number of benzene rings is 2. The van der Waals surface area contributed by atoms with Crippen molar-refractivity contribution in [3.05, 3.63) is 59.7 Å². The summed E-state index contributed by atoms with van der Waals surface area (Å²) in [6.45, 7) is 3.15. The minimum absolute atomic E-state index is 0.0148. The highest BCUT2D eigenvalue weighted by molar-refractivity contribution is 6.44. The Balaban J connectivity index is 1.49. The zero-order chi connectivity index (χ0) is 22.4. The van der Waals surface area contributed by atoms with Crippen molar-refractivity contribution in [2.24, 2.45) is 5.41 Å². The molecule has 7 nitrogen and oxygen atoms in total. The Labute approximate surface area is 180 Å². The van der Waals surface area contributed by atoms with Gasteiger partial charge < -0.3 is 14.9 Å². The molecule has 0 spiro atoms. The third-order valence-corrected chi connectivity index (χ3v) is 6.63. The van der Waals surface area contributed by atoms with E-state index in [1.54, 1.807) is 19.1 Å². The summed E-state index contributed by atoms with van der Waals surface area (Å²) in [5.74, 6) is -0.678. The molecule has 162 valence electrons. The van der Waals surface area contributed by atoms with Gasteiger partial charge in [0.1, 0.15) is 17.4 Å². The van der Waals surface area contributed by atoms with Crippen LogP contribution in [-0.4, -0.2) is 52.0 Å². The maximum Gasteiger partial charge on any atom is 0.324 e. The van der Waals surface area contributed by atoms with E-state index in [9.17, 15) is 19.8 Å². The van der Waals surface area contributed by atoms with E-state index in [-0.39, 0.29) is 11.5 Å². The number of Topliss-reactive ketones (excluding diaryl/α,β-unsaturated/α-hetero) is 1. The van der Waals surface area contributed by atoms with Crippen LogP contribution in [0, 0.1) is 10.8 Å². The second kappa shape index (κ2) is 7.67. The van der Waals surface area contributed by atoms with Crippen LogP contribution >= 0.6 is 0 Å². The molecule has 4 rings (SSSR count). The number of rotatable bonds is 8. The maximum atomic E-state index is 12.4. The van der Waals surface area contributed by atoms with Crippen LogP contribution in [0.4, 0.5) is 0 Å². The van der Waals surface area contributed by atoms with Gasteiger partial charge in [0.2, 0.25) is 0 Å². The molecule has 4 atom stereocenters. The molecule has 2 unspecified atom stereocenters. The molecule has 1 heterocycles. The van der Waals surface area contributed by atoms with Crippen LogP contribution in [0.3, 0.4) is 0 Å². The molecule has 1 saturated carbocycles. The zero-order valence-corrected chi connectivity index (χ0v) is 17.5. The van der Waals surface area contributed by atoms with E-state index >= 15 is 0 Å². The number of aliphatic hydroxyl groups excluding tert-OH is 2. The fourth-order valence-electron chi connectivity index (χ4n) is 4.75. The molecule has 0 amide bonds. The van der Waals surface area contributed by atoms with E-state index in [0.29, 0.717) is 18.5 Å². The Morgan fingerprint density at radius 2 is 1.97 bits per heavy atom. The number of esters is 1. The zero-order valence-electron chi connectivity index (χ0n) is 17.5. The second-order valence-electron chi connectivity index (χ2n) is 8.59. The number of carbonyl (C=O) groups excluding carboxylic acids is 2. The molecule has 2 fully saturated rings. The molecule has 2 aromatic carbocycles. The number of hydrogen-bond acceptors (Lipinski definition) is 7. The van der Waals surface area contributed by atoms with Crippen molar-refractivity contribution < 1.29 is 24.5 Å². The molecule has 2 aromatic rings. The number of fused-ring (bicyclic) bond motifs is 1. The first-order valence-electron chi connectivity index (χ1n) is 10.3. The highest BCUT2D eigenvalue weighted by atomic mass is 16.6. The fraction of sp³-hybridized carbons (Fsp3) is 0.375. The molecule has 1 saturated heterocycles. The van der Waals surface area contributed by atoms with Crippen molar-refractivity contribution >= 4 is 17.5 Å². The lowest BCUT2D eigenvalue weighted by Crippen LogP contribution is -2.47. The summed E-state index contributed by atoms with van der Waals surface area (Å²) in [5.41, 5.74) is 1.90. The molecule has 7 heteroatoms. The first-order chi connectivity index (χ1) is 14.7. The maximum absolute atomic E-state index is 12.4. The van der Waals surface area contributed by atoms with Gasteiger partial charge in [0.25, 0.3) is 0 Å². The number of aliphatic hydroxyl groups is 2. The van der Waals surface area contributed by atoms with E-state index in [4.69, 9.17) is 10.1 Å². The normalized spacial score (nSPS) is 27.4. The van der Waals surface area contributed by atoms with E-state index < -0.39 is 35.7 Å². The van der Waals surface area contributed by atoms with Crippen LogP contribution in [0.25, 0.3) is 11.1 Å². The van der Waals surface area contributed by atoms with Crippen LogP contribution < -0.4 is 5.32 Å². The average molecular weight is 422 g/mol. The molecular formula is C24H26N2O5. The van der Waals surface area contributed by atoms with Crippen molar-refractivity contribution in [2.45, 2.75) is 44.6 Å². The second-order valence-corrected chi connectivity index (χ2v) is 8.59. The molecule has 2 aliphatic rings. The Morgan fingerprint density at radius 1 is 1.26 bits per heavy atom. The van der Waals surface area contributed by atoms with Gasteiger partial charge >= 0.3 is 5.97 Å². The van der Waals surface area contributed by atoms with E-state index in [0.717, 1.165) is 16.7 Å². The Morgan fingerprint density at radius 3 is 2.61 bits per heavy atom. The van der Waals surface area contributed by atoms with Gasteiger partial charge in [-0.3, -0.25) is 20.3 Å². The van der Waals surface area contributed by atoms with Crippen LogP contribution in [0.5, 0.6) is 0 Å². The van der Waals surface area contributed by atoms with Crippen molar-refractivity contribution in [2.75, 3.05) is 6.61 Å². The molecule has 0 radical (unpaired) electrons. The van der Waals surface area contributed by atoms with Crippen LogP contribution in [0.2, 0.25) is 0 Å². The summed E-state index contributed by atoms with van der Waals surface area (Å²) in [4.78, 5) is 23.8. The molecule has 0 aromatic heterocycles. The van der Waals surface area contributed by atoms with E-state index in [1.807, 2.05) is 36.4 Å². The van der Waals surface area contributed by atoms with Crippen molar-refractivity contribution in [1.29, 1.82) is 5.41 Å². The first-order valence-corrected chi connectivity index (χ1v) is 10.3. The number of carbonyl (C=O) groups is 2. The molecular weight excluding hydrogens is 396 g/mol. The Kier molecular flexibility index (Phi) is 5.29. The van der Waals surface area contributed by atoms with Crippen LogP contribution in [0.15, 0.2) is 48.5 Å². The average Bonchev–Trinajstić information content (AvgIpc) is 3.30. The number of ether oxygens (including phenoxy) is 1. The fourth-order valence-corrected chi connectivity index (χ4v) is 4.75. The van der Waals surface area contributed by atoms with Gasteiger partial charge in [-0.25, -0.2) is 0 Å². The smallest absolute Gasteiger partial charge is 0.324 e. The van der Waals surface area contributed by atoms with Gasteiger partial charge in [-0.15, -0.1) is 0 Å². The largest absolute Gasteiger partial charge is 0.457 e. The van der Waals surface area contributed by atoms with Crippen molar-refractivity contribution in [1.82, 2.24) is 5.32 Å². The lowest BCUT2D eigenvalue weighted by molar-refractivity contribution is -0.146. The standard InChI is InChI=1S/C24H26N2O5/c1-14(28)20(25)17-8-6-16(7-9-17)18-5-3-4-15(10-18)11-26-21-22(30)31-23(2)13-24(21,23)19(29)12-27/h3-10,19,21,25-27,29H,11-13H2,1-2H3/t19?,21-,23?,24-/m1/s1. The van der Waals surface area contributed by atoms with Gasteiger partial charge in [0.15, 0.2) is 5.78 Å². The Bertz CT molecular complexity index is 1050. The molecule has 1 aliphatic heterocycles. The summed E-state index contributed by atoms with van der Waals surface area (Å²) in [6.07, 6.45) is -0.507. The number of hydrogen-bond donors (Lipinski definition) is 4. The van der Waals surface area contributed by atoms with Gasteiger partial charge in [0.05, 0.1) is 18.1 Å². The summed E-state index contributed by atoms with van der Waals surface area (Å²) in [5, 5.41) is 30.8. The monoisotopic (exact) mass is 422 g/mol. The quantitative estimate of drug-likeness (QED) is 0.381. The van der Waals surface area contributed by atoms with E-state index in [2.05, 4.69) is 5.32 Å². The van der Waals surface area contributed by atoms with E-state index in [1.165, 1.54) is 6.92 Å². The number of ketones is 1. The molecule has 0 bridgehead atoms. The predicted molar refractivity (Wildman–Crippen MR) is 115 cm³/mol. The van der Waals surface area contributed by atoms with Crippen molar-refractivity contribution in [3.63, 3.8) is 0 Å². The lowest BCUT2D eigenvalue weighted by atomic mass is 9.88. The third-order valence-electron chi connectivity index (χ3n) is 6.63. The summed E-state index contributed by atoms with van der Waals surface area (Å²) in [6, 6.07) is 14.4. The highest BCUT2D eigenvalue weighted by Gasteiger charge is 2.80. The third kappa shape index (κ3) is 3.48. The lowest BCUT2D eigenvalue weighted by Gasteiger charge is -2.25. The van der Waals surface area contributed by atoms with Crippen LogP contribution in [-0.2, 0) is 20.9 Å². The highest BCUT2D eigenvalue weighted by Crippen LogP contribution is 2.67. The van der Waals surface area contributed by atoms with Gasteiger partial charge in [-0.1, -0.05) is 42.5 Å². The Hall–Kier alpha value is -2.87. The van der Waals surface area contributed by atoms with Gasteiger partial charge in [-0.2, -0.15) is 0 Å². The predicted octanol–water partition coefficient (Wildman–Crippen LogP) is 1.83. The number of nitrogens with one attached hydrogen (secondary N) is 2. The molecule has 4 N–H and O–H groups in total. The summed E-state index contributed by atoms with van der Waals surface area (Å²) < 4.78 is 5.48. The minimum atomic E-state index is -1.03. The molecule has 31 heavy (non-hydrogen) atoms. The molecule has 1 aliphatic carbocycles. The first kappa shape index (κ1) is 21.4. The topological polar surface area (TPSA) is 120 Å². The van der Waals surface area contributed by atoms with Gasteiger partial charge in [0, 0.05) is 25.5 Å².